The van der Waals surface area contributed by atoms with Crippen LogP contribution in [0.15, 0.2) is 69.8 Å². The van der Waals surface area contributed by atoms with Gasteiger partial charge in [-0.25, -0.2) is 0 Å². The molecule has 0 radical (unpaired) electrons. The maximum Gasteiger partial charge on any atom is 0.282 e. The number of thioether (sulfide) groups is 1. The van der Waals surface area contributed by atoms with Gasteiger partial charge in [-0.2, -0.15) is 4.99 Å². The summed E-state index contributed by atoms with van der Waals surface area (Å²) < 4.78 is 11.3. The summed E-state index contributed by atoms with van der Waals surface area (Å²) in [6.45, 7) is 2.23. The molecule has 32 heavy (non-hydrogen) atoms. The Hall–Kier alpha value is -3.23. The van der Waals surface area contributed by atoms with E-state index in [0.29, 0.717) is 40.3 Å². The molecule has 0 atom stereocenters. The van der Waals surface area contributed by atoms with Crippen molar-refractivity contribution in [3.8, 4) is 11.5 Å². The molecular formula is C23H20ClN3O4S. The first-order valence-electron chi connectivity index (χ1n) is 9.74. The average Bonchev–Trinajstić information content (AvgIpc) is 3.16. The van der Waals surface area contributed by atoms with Crippen LogP contribution in [-0.4, -0.2) is 42.1 Å². The van der Waals surface area contributed by atoms with Gasteiger partial charge in [0.2, 0.25) is 0 Å². The van der Waals surface area contributed by atoms with E-state index in [1.165, 1.54) is 5.06 Å². The van der Waals surface area contributed by atoms with Gasteiger partial charge >= 0.3 is 0 Å². The van der Waals surface area contributed by atoms with E-state index < -0.39 is 5.91 Å². The zero-order valence-electron chi connectivity index (χ0n) is 17.4. The Morgan fingerprint density at radius 3 is 2.75 bits per heavy atom. The minimum absolute atomic E-state index is 0.0633. The lowest BCUT2D eigenvalue weighted by molar-refractivity contribution is -0.114. The molecule has 2 aromatic rings. The molecule has 4 rings (SSSR count). The van der Waals surface area contributed by atoms with Gasteiger partial charge in [0.05, 0.1) is 19.3 Å². The molecule has 7 nitrogen and oxygen atoms in total. The Kier molecular flexibility index (Phi) is 6.53. The number of allylic oxidation sites excluding steroid dienone is 1. The second-order valence-corrected chi connectivity index (χ2v) is 8.49. The van der Waals surface area contributed by atoms with Crippen LogP contribution in [0.2, 0.25) is 5.02 Å². The van der Waals surface area contributed by atoms with E-state index in [2.05, 4.69) is 4.99 Å². The number of amides is 1. The number of aliphatic imine (C=N–C) groups is 1. The summed E-state index contributed by atoms with van der Waals surface area (Å²) in [5, 5.41) is 10.3. The van der Waals surface area contributed by atoms with E-state index in [1.54, 1.807) is 56.1 Å². The molecule has 2 aromatic carbocycles. The Bertz CT molecular complexity index is 1160. The first-order valence-corrected chi connectivity index (χ1v) is 11.1. The van der Waals surface area contributed by atoms with Crippen LogP contribution in [0.25, 0.3) is 6.08 Å². The van der Waals surface area contributed by atoms with Crippen molar-refractivity contribution in [1.82, 2.24) is 5.06 Å². The zero-order valence-corrected chi connectivity index (χ0v) is 19.0. The predicted octanol–water partition coefficient (Wildman–Crippen LogP) is 4.97. The fourth-order valence-corrected chi connectivity index (χ4v) is 3.96. The van der Waals surface area contributed by atoms with Gasteiger partial charge in [0.25, 0.3) is 5.91 Å². The van der Waals surface area contributed by atoms with Gasteiger partial charge in [-0.3, -0.25) is 10.2 Å². The second kappa shape index (κ2) is 9.50. The van der Waals surface area contributed by atoms with Crippen molar-refractivity contribution < 1.29 is 19.1 Å². The summed E-state index contributed by atoms with van der Waals surface area (Å²) in [4.78, 5) is 23.0. The first kappa shape index (κ1) is 22.0. The topological polar surface area (TPSA) is 84.2 Å². The molecule has 2 heterocycles. The van der Waals surface area contributed by atoms with Crippen molar-refractivity contribution in [2.45, 2.75) is 11.8 Å². The normalized spacial score (nSPS) is 16.5. The van der Waals surface area contributed by atoms with Gasteiger partial charge in [0, 0.05) is 21.7 Å². The van der Waals surface area contributed by atoms with Crippen molar-refractivity contribution in [2.75, 3.05) is 19.5 Å². The smallest absolute Gasteiger partial charge is 0.282 e. The van der Waals surface area contributed by atoms with Crippen LogP contribution in [0, 0.1) is 5.41 Å². The fraction of sp³-hybridized carbons (Fsp3) is 0.174. The molecule has 0 aliphatic carbocycles. The number of methoxy groups -OCH3 is 1. The van der Waals surface area contributed by atoms with E-state index in [0.717, 1.165) is 10.6 Å². The number of benzene rings is 2. The molecule has 0 bridgehead atoms. The van der Waals surface area contributed by atoms with Gasteiger partial charge in [0.1, 0.15) is 5.76 Å². The molecule has 0 unspecified atom stereocenters. The van der Waals surface area contributed by atoms with Crippen LogP contribution in [-0.2, 0) is 9.63 Å². The Balaban J connectivity index is 1.42. The van der Waals surface area contributed by atoms with E-state index >= 15 is 0 Å². The molecule has 2 aliphatic heterocycles. The van der Waals surface area contributed by atoms with E-state index in [4.69, 9.17) is 31.3 Å². The second-order valence-electron chi connectivity index (χ2n) is 6.88. The van der Waals surface area contributed by atoms with Gasteiger partial charge < -0.3 is 14.3 Å². The highest BCUT2D eigenvalue weighted by Gasteiger charge is 2.34. The number of nitrogens with zero attached hydrogens (tertiary/aromatic N) is 2. The highest BCUT2D eigenvalue weighted by atomic mass is 35.5. The van der Waals surface area contributed by atoms with Crippen LogP contribution in [0.4, 0.5) is 0 Å². The number of amidine groups is 2. The van der Waals surface area contributed by atoms with Crippen LogP contribution in [0.5, 0.6) is 11.5 Å². The Morgan fingerprint density at radius 1 is 1.22 bits per heavy atom. The minimum atomic E-state index is -0.491. The van der Waals surface area contributed by atoms with Crippen LogP contribution >= 0.6 is 23.4 Å². The van der Waals surface area contributed by atoms with Gasteiger partial charge in [-0.15, -0.1) is 16.8 Å². The van der Waals surface area contributed by atoms with Crippen molar-refractivity contribution in [2.24, 2.45) is 4.99 Å². The Labute approximate surface area is 194 Å². The number of hydroxylamine groups is 2. The molecular weight excluding hydrogens is 450 g/mol. The summed E-state index contributed by atoms with van der Waals surface area (Å²) >= 11 is 7.57. The van der Waals surface area contributed by atoms with Crippen molar-refractivity contribution >= 4 is 47.0 Å². The molecule has 2 aliphatic rings. The van der Waals surface area contributed by atoms with Gasteiger partial charge in [-0.1, -0.05) is 17.7 Å². The number of ether oxygens (including phenoxy) is 2. The monoisotopic (exact) mass is 469 g/mol. The van der Waals surface area contributed by atoms with Crippen LogP contribution in [0.3, 0.4) is 0 Å². The number of halogens is 1. The highest BCUT2D eigenvalue weighted by Crippen LogP contribution is 2.31. The molecule has 0 saturated carbocycles. The van der Waals surface area contributed by atoms with E-state index in [9.17, 15) is 4.79 Å². The number of hydrogen-bond donors (Lipinski definition) is 1. The van der Waals surface area contributed by atoms with Crippen LogP contribution in [0.1, 0.15) is 12.5 Å². The third-order valence-electron chi connectivity index (χ3n) is 4.60. The summed E-state index contributed by atoms with van der Waals surface area (Å²) in [5.41, 5.74) is 0.812. The molecule has 1 N–H and O–H groups in total. The van der Waals surface area contributed by atoms with Gasteiger partial charge in [-0.05, 0) is 55.0 Å². The maximum absolute atomic E-state index is 12.4. The number of fused-ring (bicyclic) bond motifs is 1. The summed E-state index contributed by atoms with van der Waals surface area (Å²) in [6, 6.07) is 13.0. The van der Waals surface area contributed by atoms with E-state index in [1.807, 2.05) is 24.3 Å². The summed E-state index contributed by atoms with van der Waals surface area (Å²) in [6.07, 6.45) is 3.20. The number of hydrogen-bond acceptors (Lipinski definition) is 6. The van der Waals surface area contributed by atoms with Gasteiger partial charge in [0.15, 0.2) is 23.2 Å². The number of nitrogens with one attached hydrogen (secondary N) is 1. The Morgan fingerprint density at radius 2 is 2.00 bits per heavy atom. The van der Waals surface area contributed by atoms with Crippen molar-refractivity contribution in [1.29, 1.82) is 5.41 Å². The predicted molar refractivity (Wildman–Crippen MR) is 125 cm³/mol. The standard InChI is InChI=1S/C23H20ClN3O4S/c1-14-11-21-26-23(28)18(22(25)27(21)31-14)12-15-3-8-19(20(13-15)29-2)30-9-10-32-17-6-4-16(24)5-7-17/h3-8,11-13,25H,9-10H2,1-2H3/b18-12-,25-22?. The molecule has 0 saturated heterocycles. The molecule has 164 valence electrons. The number of carbonyl (C=O) groups is 1. The summed E-state index contributed by atoms with van der Waals surface area (Å²) in [5.74, 6) is 2.21. The lowest BCUT2D eigenvalue weighted by atomic mass is 10.1. The fourth-order valence-electron chi connectivity index (χ4n) is 3.10. The van der Waals surface area contributed by atoms with Crippen LogP contribution < -0.4 is 9.47 Å². The molecule has 0 fully saturated rings. The van der Waals surface area contributed by atoms with Crippen molar-refractivity contribution in [3.63, 3.8) is 0 Å². The SMILES string of the molecule is COc1cc(/C=C2/C(=N)N3OC(C)=CC3=NC2=O)ccc1OCCSc1ccc(Cl)cc1. The maximum atomic E-state index is 12.4. The molecule has 0 aromatic heterocycles. The highest BCUT2D eigenvalue weighted by molar-refractivity contribution is 7.99. The van der Waals surface area contributed by atoms with E-state index in [-0.39, 0.29) is 11.4 Å². The molecule has 1 amide bonds. The largest absolute Gasteiger partial charge is 0.493 e. The number of rotatable bonds is 7. The zero-order chi connectivity index (χ0) is 22.7. The quantitative estimate of drug-likeness (QED) is 0.350. The minimum Gasteiger partial charge on any atom is -0.493 e. The lowest BCUT2D eigenvalue weighted by Gasteiger charge is -2.23. The third-order valence-corrected chi connectivity index (χ3v) is 5.83. The number of carbonyl (C=O) groups excluding carboxylic acids is 1. The third kappa shape index (κ3) is 4.81. The van der Waals surface area contributed by atoms with Crippen molar-refractivity contribution in [3.05, 3.63) is 70.5 Å². The average molecular weight is 470 g/mol. The molecule has 9 heteroatoms. The first-order chi connectivity index (χ1) is 15.4. The molecule has 0 spiro atoms. The summed E-state index contributed by atoms with van der Waals surface area (Å²) in [7, 11) is 1.55. The lowest BCUT2D eigenvalue weighted by Crippen LogP contribution is -2.38.